The van der Waals surface area contributed by atoms with Crippen LogP contribution < -0.4 is 0 Å². The fourth-order valence-electron chi connectivity index (χ4n) is 4.34. The summed E-state index contributed by atoms with van der Waals surface area (Å²) in [5.74, 6) is 0.620. The molecule has 1 aromatic carbocycles. The van der Waals surface area contributed by atoms with E-state index < -0.39 is 8.32 Å². The molecule has 1 heterocycles. The zero-order chi connectivity index (χ0) is 19.8. The molecule has 1 aromatic rings. The van der Waals surface area contributed by atoms with Crippen LogP contribution in [0.1, 0.15) is 51.7 Å². The number of benzene rings is 1. The van der Waals surface area contributed by atoms with Gasteiger partial charge in [-0.3, -0.25) is 9.69 Å². The fourth-order valence-corrected chi connectivity index (χ4v) is 5.69. The van der Waals surface area contributed by atoms with Crippen molar-refractivity contribution in [3.8, 4) is 0 Å². The highest BCUT2D eigenvalue weighted by Gasteiger charge is 2.43. The van der Waals surface area contributed by atoms with Crippen molar-refractivity contribution in [3.05, 3.63) is 35.4 Å². The number of piperidine rings is 1. The number of hydrogen-bond acceptors (Lipinski definition) is 3. The van der Waals surface area contributed by atoms with Crippen LogP contribution in [0.5, 0.6) is 0 Å². The number of hydrogen-bond donors (Lipinski definition) is 0. The molecule has 0 radical (unpaired) electrons. The van der Waals surface area contributed by atoms with E-state index in [4.69, 9.17) is 4.43 Å². The third-order valence-corrected chi connectivity index (χ3v) is 11.7. The lowest BCUT2D eigenvalue weighted by Crippen LogP contribution is -2.56. The minimum Gasteiger partial charge on any atom is -0.412 e. The van der Waals surface area contributed by atoms with Gasteiger partial charge in [-0.25, -0.2) is 0 Å². The maximum absolute atomic E-state index is 11.8. The van der Waals surface area contributed by atoms with E-state index in [1.165, 1.54) is 11.1 Å². The van der Waals surface area contributed by atoms with Crippen LogP contribution in [-0.2, 0) is 22.1 Å². The van der Waals surface area contributed by atoms with E-state index in [0.29, 0.717) is 11.8 Å². The molecule has 0 aromatic heterocycles. The Balaban J connectivity index is 1.81. The standard InChI is InChI=1S/C23H37NO2Si/c1-17(25)18-11-13-24(14-12-18)21-15-19-9-7-8-10-20(19)16-22(21)26-27(5,6)23(2,3)4/h7-10,18,21-22H,11-16H2,1-6H3. The number of fused-ring (bicyclic) bond motifs is 1. The molecule has 3 nitrogen and oxygen atoms in total. The Morgan fingerprint density at radius 1 is 1.07 bits per heavy atom. The minimum absolute atomic E-state index is 0.218. The van der Waals surface area contributed by atoms with Crippen LogP contribution in [-0.4, -0.2) is 44.2 Å². The van der Waals surface area contributed by atoms with Gasteiger partial charge in [0.05, 0.1) is 6.10 Å². The molecule has 0 saturated carbocycles. The summed E-state index contributed by atoms with van der Waals surface area (Å²) >= 11 is 0. The van der Waals surface area contributed by atoms with Crippen LogP contribution in [0, 0.1) is 5.92 Å². The van der Waals surface area contributed by atoms with E-state index in [1.807, 2.05) is 0 Å². The van der Waals surface area contributed by atoms with Crippen molar-refractivity contribution >= 4 is 14.1 Å². The maximum atomic E-state index is 11.8. The SMILES string of the molecule is CC(=O)C1CCN(C2Cc3ccccc3CC2O[Si](C)(C)C(C)(C)C)CC1. The lowest BCUT2D eigenvalue weighted by molar-refractivity contribution is -0.122. The van der Waals surface area contributed by atoms with Crippen LogP contribution in [0.25, 0.3) is 0 Å². The van der Waals surface area contributed by atoms with Gasteiger partial charge in [0, 0.05) is 12.0 Å². The molecular weight excluding hydrogens is 350 g/mol. The van der Waals surface area contributed by atoms with Gasteiger partial charge < -0.3 is 4.43 Å². The van der Waals surface area contributed by atoms with Crippen LogP contribution in [0.2, 0.25) is 18.1 Å². The molecule has 150 valence electrons. The first kappa shape index (κ1) is 20.8. The first-order valence-electron chi connectivity index (χ1n) is 10.6. The summed E-state index contributed by atoms with van der Waals surface area (Å²) < 4.78 is 6.97. The van der Waals surface area contributed by atoms with Gasteiger partial charge in [0.25, 0.3) is 0 Å². The van der Waals surface area contributed by atoms with E-state index in [1.54, 1.807) is 6.92 Å². The average molecular weight is 388 g/mol. The van der Waals surface area contributed by atoms with E-state index >= 15 is 0 Å². The van der Waals surface area contributed by atoms with Gasteiger partial charge in [-0.05, 0) is 75.0 Å². The molecule has 27 heavy (non-hydrogen) atoms. The minimum atomic E-state index is -1.83. The smallest absolute Gasteiger partial charge is 0.192 e. The molecule has 0 bridgehead atoms. The molecule has 2 aliphatic rings. The zero-order valence-electron chi connectivity index (χ0n) is 18.0. The van der Waals surface area contributed by atoms with Crippen molar-refractivity contribution < 1.29 is 9.22 Å². The topological polar surface area (TPSA) is 29.5 Å². The largest absolute Gasteiger partial charge is 0.412 e. The highest BCUT2D eigenvalue weighted by molar-refractivity contribution is 6.74. The van der Waals surface area contributed by atoms with Crippen LogP contribution in [0.15, 0.2) is 24.3 Å². The zero-order valence-corrected chi connectivity index (χ0v) is 19.0. The Bertz CT molecular complexity index is 671. The second-order valence-electron chi connectivity index (χ2n) is 10.1. The van der Waals surface area contributed by atoms with E-state index in [0.717, 1.165) is 38.8 Å². The molecule has 1 aliphatic carbocycles. The first-order chi connectivity index (χ1) is 12.6. The van der Waals surface area contributed by atoms with Gasteiger partial charge in [-0.2, -0.15) is 0 Å². The van der Waals surface area contributed by atoms with E-state index in [-0.39, 0.29) is 17.1 Å². The van der Waals surface area contributed by atoms with Gasteiger partial charge in [0.2, 0.25) is 0 Å². The van der Waals surface area contributed by atoms with Gasteiger partial charge in [-0.15, -0.1) is 0 Å². The normalized spacial score (nSPS) is 25.3. The summed E-state index contributed by atoms with van der Waals surface area (Å²) in [5.41, 5.74) is 2.93. The highest BCUT2D eigenvalue weighted by atomic mass is 28.4. The predicted octanol–water partition coefficient (Wildman–Crippen LogP) is 4.85. The molecule has 2 unspecified atom stereocenters. The third kappa shape index (κ3) is 4.55. The monoisotopic (exact) mass is 387 g/mol. The molecule has 1 fully saturated rings. The number of ketones is 1. The summed E-state index contributed by atoms with van der Waals surface area (Å²) in [4.78, 5) is 14.4. The summed E-state index contributed by atoms with van der Waals surface area (Å²) in [7, 11) is -1.83. The van der Waals surface area contributed by atoms with Crippen molar-refractivity contribution in [2.45, 2.75) is 83.7 Å². The van der Waals surface area contributed by atoms with E-state index in [2.05, 4.69) is 63.0 Å². The Labute approximate surface area is 166 Å². The molecule has 2 atom stereocenters. The fraction of sp³-hybridized carbons (Fsp3) is 0.696. The number of rotatable bonds is 4. The summed E-state index contributed by atoms with van der Waals surface area (Å²) in [6, 6.07) is 9.30. The Morgan fingerprint density at radius 2 is 1.63 bits per heavy atom. The quantitative estimate of drug-likeness (QED) is 0.692. The van der Waals surface area contributed by atoms with Crippen molar-refractivity contribution in [2.75, 3.05) is 13.1 Å². The molecule has 1 saturated heterocycles. The van der Waals surface area contributed by atoms with Crippen molar-refractivity contribution in [2.24, 2.45) is 5.92 Å². The van der Waals surface area contributed by atoms with E-state index in [9.17, 15) is 4.79 Å². The molecule has 0 N–H and O–H groups in total. The number of likely N-dealkylation sites (tertiary alicyclic amines) is 1. The van der Waals surface area contributed by atoms with Crippen LogP contribution in [0.3, 0.4) is 0 Å². The molecule has 0 amide bonds. The van der Waals surface area contributed by atoms with Gasteiger partial charge in [0.1, 0.15) is 5.78 Å². The van der Waals surface area contributed by atoms with Gasteiger partial charge >= 0.3 is 0 Å². The van der Waals surface area contributed by atoms with Gasteiger partial charge in [0.15, 0.2) is 8.32 Å². The molecular formula is C23H37NO2Si. The summed E-state index contributed by atoms with van der Waals surface area (Å²) in [6.07, 6.45) is 4.34. The number of nitrogens with zero attached hydrogens (tertiary/aromatic N) is 1. The number of carbonyl (C=O) groups excluding carboxylic acids is 1. The average Bonchev–Trinajstić information content (AvgIpc) is 2.60. The number of carbonyl (C=O) groups is 1. The van der Waals surface area contributed by atoms with Crippen molar-refractivity contribution in [1.29, 1.82) is 0 Å². The molecule has 1 aliphatic heterocycles. The molecule has 0 spiro atoms. The lowest BCUT2D eigenvalue weighted by Gasteiger charge is -2.47. The maximum Gasteiger partial charge on any atom is 0.192 e. The lowest BCUT2D eigenvalue weighted by atomic mass is 9.83. The Hall–Kier alpha value is -0.973. The summed E-state index contributed by atoms with van der Waals surface area (Å²) in [6.45, 7) is 15.5. The van der Waals surface area contributed by atoms with Crippen molar-refractivity contribution in [1.82, 2.24) is 4.90 Å². The van der Waals surface area contributed by atoms with Gasteiger partial charge in [-0.1, -0.05) is 45.0 Å². The second-order valence-corrected chi connectivity index (χ2v) is 14.8. The second kappa shape index (κ2) is 7.80. The van der Waals surface area contributed by atoms with Crippen LogP contribution in [0.4, 0.5) is 0 Å². The predicted molar refractivity (Wildman–Crippen MR) is 115 cm³/mol. The molecule has 4 heteroatoms. The first-order valence-corrected chi connectivity index (χ1v) is 13.5. The highest BCUT2D eigenvalue weighted by Crippen LogP contribution is 2.40. The molecule has 3 rings (SSSR count). The summed E-state index contributed by atoms with van der Waals surface area (Å²) in [5, 5.41) is 0.218. The van der Waals surface area contributed by atoms with Crippen LogP contribution >= 0.6 is 0 Å². The van der Waals surface area contributed by atoms with Crippen molar-refractivity contribution in [3.63, 3.8) is 0 Å². The third-order valence-electron chi connectivity index (χ3n) is 7.22. The number of Topliss-reactive ketones (excluding diaryl/α,β-unsaturated/α-hetero) is 1. The Kier molecular flexibility index (Phi) is 6.00. The Morgan fingerprint density at radius 3 is 2.15 bits per heavy atom.